The van der Waals surface area contributed by atoms with Crippen molar-refractivity contribution >= 4 is 17.5 Å². The number of phenols is 1. The first-order valence-electron chi connectivity index (χ1n) is 9.81. The first-order valence-corrected chi connectivity index (χ1v) is 10.2. The number of benzene rings is 2. The average Bonchev–Trinajstić information content (AvgIpc) is 2.97. The lowest BCUT2D eigenvalue weighted by Crippen LogP contribution is -2.35. The molecule has 1 fully saturated rings. The van der Waals surface area contributed by atoms with Crippen LogP contribution in [-0.2, 0) is 6.54 Å². The highest BCUT2D eigenvalue weighted by Gasteiger charge is 2.22. The SMILES string of the molecule is CCOc1cc(C(=O)N2CCCN(Cc3ccc(OC)cc3)CC2)cc(Cl)c1O. The Morgan fingerprint density at radius 2 is 1.90 bits per heavy atom. The predicted molar refractivity (Wildman–Crippen MR) is 113 cm³/mol. The molecule has 0 atom stereocenters. The van der Waals surface area contributed by atoms with Gasteiger partial charge in [-0.15, -0.1) is 0 Å². The smallest absolute Gasteiger partial charge is 0.254 e. The molecule has 1 aliphatic rings. The van der Waals surface area contributed by atoms with Crippen molar-refractivity contribution in [1.82, 2.24) is 9.80 Å². The van der Waals surface area contributed by atoms with Gasteiger partial charge in [-0.25, -0.2) is 0 Å². The summed E-state index contributed by atoms with van der Waals surface area (Å²) in [5, 5.41) is 10.1. The Kier molecular flexibility index (Phi) is 7.23. The Hall–Kier alpha value is -2.44. The second kappa shape index (κ2) is 9.85. The Balaban J connectivity index is 1.64. The monoisotopic (exact) mass is 418 g/mol. The van der Waals surface area contributed by atoms with Crippen molar-refractivity contribution < 1.29 is 19.4 Å². The van der Waals surface area contributed by atoms with Crippen LogP contribution in [0.4, 0.5) is 0 Å². The number of nitrogens with zero attached hydrogens (tertiary/aromatic N) is 2. The molecule has 0 spiro atoms. The molecule has 2 aromatic carbocycles. The van der Waals surface area contributed by atoms with E-state index in [1.54, 1.807) is 13.2 Å². The molecule has 0 radical (unpaired) electrons. The zero-order valence-electron chi connectivity index (χ0n) is 16.9. The molecule has 1 amide bonds. The van der Waals surface area contributed by atoms with Crippen molar-refractivity contribution in [3.05, 3.63) is 52.5 Å². The summed E-state index contributed by atoms with van der Waals surface area (Å²) in [5.74, 6) is 0.852. The molecule has 2 aromatic rings. The third-order valence-corrected chi connectivity index (χ3v) is 5.30. The number of phenolic OH excluding ortho intramolecular Hbond substituents is 1. The predicted octanol–water partition coefficient (Wildman–Crippen LogP) is 3.80. The van der Waals surface area contributed by atoms with Crippen molar-refractivity contribution in [2.24, 2.45) is 0 Å². The molecule has 0 bridgehead atoms. The second-order valence-electron chi connectivity index (χ2n) is 7.01. The lowest BCUT2D eigenvalue weighted by Gasteiger charge is -2.22. The quantitative estimate of drug-likeness (QED) is 0.773. The number of rotatable bonds is 6. The van der Waals surface area contributed by atoms with E-state index >= 15 is 0 Å². The van der Waals surface area contributed by atoms with Crippen molar-refractivity contribution in [3.8, 4) is 17.2 Å². The minimum atomic E-state index is -0.133. The summed E-state index contributed by atoms with van der Waals surface area (Å²) in [6, 6.07) is 11.1. The maximum Gasteiger partial charge on any atom is 0.254 e. The van der Waals surface area contributed by atoms with Gasteiger partial charge < -0.3 is 19.5 Å². The molecule has 1 aliphatic heterocycles. The van der Waals surface area contributed by atoms with E-state index in [-0.39, 0.29) is 22.4 Å². The van der Waals surface area contributed by atoms with E-state index in [1.807, 2.05) is 24.0 Å². The van der Waals surface area contributed by atoms with Crippen LogP contribution in [0.1, 0.15) is 29.3 Å². The summed E-state index contributed by atoms with van der Waals surface area (Å²) in [7, 11) is 1.66. The topological polar surface area (TPSA) is 62.2 Å². The van der Waals surface area contributed by atoms with Crippen molar-refractivity contribution in [2.45, 2.75) is 19.9 Å². The molecule has 7 heteroatoms. The molecular formula is C22H27ClN2O4. The van der Waals surface area contributed by atoms with E-state index in [4.69, 9.17) is 21.1 Å². The largest absolute Gasteiger partial charge is 0.503 e. The first kappa shape index (κ1) is 21.3. The summed E-state index contributed by atoms with van der Waals surface area (Å²) in [6.07, 6.45) is 0.895. The fourth-order valence-electron chi connectivity index (χ4n) is 3.47. The summed E-state index contributed by atoms with van der Waals surface area (Å²) in [5.41, 5.74) is 1.65. The zero-order chi connectivity index (χ0) is 20.8. The van der Waals surface area contributed by atoms with Gasteiger partial charge in [0.05, 0.1) is 18.7 Å². The van der Waals surface area contributed by atoms with Gasteiger partial charge in [0.1, 0.15) is 5.75 Å². The summed E-state index contributed by atoms with van der Waals surface area (Å²) >= 11 is 6.09. The van der Waals surface area contributed by atoms with Gasteiger partial charge in [0.15, 0.2) is 11.5 Å². The summed E-state index contributed by atoms with van der Waals surface area (Å²) < 4.78 is 10.6. The third kappa shape index (κ3) is 5.34. The minimum absolute atomic E-state index is 0.0980. The number of carbonyl (C=O) groups is 1. The maximum atomic E-state index is 13.0. The Labute approximate surface area is 176 Å². The van der Waals surface area contributed by atoms with E-state index < -0.39 is 0 Å². The molecule has 3 rings (SSSR count). The zero-order valence-corrected chi connectivity index (χ0v) is 17.6. The number of hydrogen-bond donors (Lipinski definition) is 1. The highest BCUT2D eigenvalue weighted by molar-refractivity contribution is 6.32. The number of amides is 1. The van der Waals surface area contributed by atoms with Crippen LogP contribution in [0.5, 0.6) is 17.2 Å². The molecule has 156 valence electrons. The van der Waals surface area contributed by atoms with E-state index in [1.165, 1.54) is 11.6 Å². The molecule has 0 aromatic heterocycles. The van der Waals surface area contributed by atoms with Crippen LogP contribution in [0.15, 0.2) is 36.4 Å². The van der Waals surface area contributed by atoms with Gasteiger partial charge in [0.25, 0.3) is 5.91 Å². The van der Waals surface area contributed by atoms with E-state index in [0.29, 0.717) is 25.3 Å². The maximum absolute atomic E-state index is 13.0. The number of carbonyl (C=O) groups excluding carboxylic acids is 1. The molecule has 1 saturated heterocycles. The van der Waals surface area contributed by atoms with Crippen LogP contribution in [-0.4, -0.2) is 60.7 Å². The molecule has 6 nitrogen and oxygen atoms in total. The number of methoxy groups -OCH3 is 1. The molecule has 1 N–H and O–H groups in total. The van der Waals surface area contributed by atoms with Crippen molar-refractivity contribution in [2.75, 3.05) is 39.9 Å². The molecule has 0 unspecified atom stereocenters. The highest BCUT2D eigenvalue weighted by atomic mass is 35.5. The van der Waals surface area contributed by atoms with Gasteiger partial charge in [0, 0.05) is 38.3 Å². The van der Waals surface area contributed by atoms with E-state index in [2.05, 4.69) is 17.0 Å². The second-order valence-corrected chi connectivity index (χ2v) is 7.42. The molecule has 0 saturated carbocycles. The van der Waals surface area contributed by atoms with Gasteiger partial charge in [-0.1, -0.05) is 23.7 Å². The lowest BCUT2D eigenvalue weighted by atomic mass is 10.1. The number of halogens is 1. The Bertz CT molecular complexity index is 841. The molecular weight excluding hydrogens is 392 g/mol. The van der Waals surface area contributed by atoms with Crippen LogP contribution >= 0.6 is 11.6 Å². The van der Waals surface area contributed by atoms with Gasteiger partial charge in [-0.2, -0.15) is 0 Å². The van der Waals surface area contributed by atoms with Crippen molar-refractivity contribution in [3.63, 3.8) is 0 Å². The van der Waals surface area contributed by atoms with Crippen molar-refractivity contribution in [1.29, 1.82) is 0 Å². The fraction of sp³-hybridized carbons (Fsp3) is 0.409. The van der Waals surface area contributed by atoms with Crippen LogP contribution in [0.3, 0.4) is 0 Å². The average molecular weight is 419 g/mol. The van der Waals surface area contributed by atoms with Gasteiger partial charge in [0.2, 0.25) is 0 Å². The summed E-state index contributed by atoms with van der Waals surface area (Å²) in [6.45, 7) is 6.07. The normalized spacial score (nSPS) is 15.1. The van der Waals surface area contributed by atoms with Crippen LogP contribution in [0.25, 0.3) is 0 Å². The minimum Gasteiger partial charge on any atom is -0.503 e. The number of ether oxygens (including phenoxy) is 2. The van der Waals surface area contributed by atoms with Crippen LogP contribution < -0.4 is 9.47 Å². The Morgan fingerprint density at radius 3 is 2.59 bits per heavy atom. The standard InChI is InChI=1S/C22H27ClN2O4/c1-3-29-20-14-17(13-19(23)21(20)26)22(27)25-10-4-9-24(11-12-25)15-16-5-7-18(28-2)8-6-16/h5-8,13-14,26H,3-4,9-12,15H2,1-2H3. The van der Waals surface area contributed by atoms with E-state index in [0.717, 1.165) is 31.8 Å². The molecule has 29 heavy (non-hydrogen) atoms. The summed E-state index contributed by atoms with van der Waals surface area (Å²) in [4.78, 5) is 17.2. The fourth-order valence-corrected chi connectivity index (χ4v) is 3.68. The molecule has 0 aliphatic carbocycles. The number of aromatic hydroxyl groups is 1. The molecule has 1 heterocycles. The van der Waals surface area contributed by atoms with Gasteiger partial charge in [-0.05, 0) is 43.2 Å². The highest BCUT2D eigenvalue weighted by Crippen LogP contribution is 2.35. The number of hydrogen-bond acceptors (Lipinski definition) is 5. The lowest BCUT2D eigenvalue weighted by molar-refractivity contribution is 0.0760. The van der Waals surface area contributed by atoms with Gasteiger partial charge >= 0.3 is 0 Å². The van der Waals surface area contributed by atoms with E-state index in [9.17, 15) is 9.90 Å². The third-order valence-electron chi connectivity index (χ3n) is 5.02. The Morgan fingerprint density at radius 1 is 1.14 bits per heavy atom. The van der Waals surface area contributed by atoms with Crippen LogP contribution in [0.2, 0.25) is 5.02 Å². The van der Waals surface area contributed by atoms with Crippen LogP contribution in [0, 0.1) is 0 Å². The first-order chi connectivity index (χ1) is 14.0. The van der Waals surface area contributed by atoms with Gasteiger partial charge in [-0.3, -0.25) is 9.69 Å².